The van der Waals surface area contributed by atoms with Crippen molar-refractivity contribution in [3.05, 3.63) is 101 Å². The number of carbonyl (C=O) groups excluding carboxylic acids is 4. The summed E-state index contributed by atoms with van der Waals surface area (Å²) in [5, 5.41) is 2.72. The first-order valence-electron chi connectivity index (χ1n) is 11.5. The molecule has 0 fully saturated rings. The van der Waals surface area contributed by atoms with Gasteiger partial charge in [0.15, 0.2) is 6.10 Å². The van der Waals surface area contributed by atoms with Crippen molar-refractivity contribution in [2.24, 2.45) is 0 Å². The Morgan fingerprint density at radius 1 is 0.829 bits per heavy atom. The fourth-order valence-electron chi connectivity index (χ4n) is 3.98. The maximum atomic E-state index is 13.3. The van der Waals surface area contributed by atoms with Crippen LogP contribution >= 0.6 is 0 Å². The summed E-state index contributed by atoms with van der Waals surface area (Å²) >= 11 is 0. The molecule has 0 radical (unpaired) electrons. The second-order valence-electron chi connectivity index (χ2n) is 8.35. The molecule has 3 aromatic carbocycles. The lowest BCUT2D eigenvalue weighted by Crippen LogP contribution is -2.48. The van der Waals surface area contributed by atoms with Crippen molar-refractivity contribution in [1.29, 1.82) is 0 Å². The summed E-state index contributed by atoms with van der Waals surface area (Å²) in [7, 11) is 0. The maximum Gasteiger partial charge on any atom is 0.330 e. The van der Waals surface area contributed by atoms with Crippen LogP contribution in [0.15, 0.2) is 78.9 Å². The summed E-state index contributed by atoms with van der Waals surface area (Å²) in [5.74, 6) is -2.45. The molecular formula is C28H26N2O5. The van der Waals surface area contributed by atoms with Gasteiger partial charge in [-0.05, 0) is 48.7 Å². The van der Waals surface area contributed by atoms with Gasteiger partial charge in [-0.1, -0.05) is 61.5 Å². The molecule has 2 atom stereocenters. The van der Waals surface area contributed by atoms with Crippen LogP contribution < -0.4 is 5.32 Å². The predicted molar refractivity (Wildman–Crippen MR) is 131 cm³/mol. The molecule has 0 bridgehead atoms. The third-order valence-corrected chi connectivity index (χ3v) is 5.97. The van der Waals surface area contributed by atoms with E-state index in [4.69, 9.17) is 4.74 Å². The van der Waals surface area contributed by atoms with Crippen molar-refractivity contribution in [2.75, 3.05) is 5.32 Å². The van der Waals surface area contributed by atoms with E-state index in [2.05, 4.69) is 5.32 Å². The molecule has 7 heteroatoms. The summed E-state index contributed by atoms with van der Waals surface area (Å²) in [5.41, 5.74) is 2.94. The number of amides is 3. The van der Waals surface area contributed by atoms with E-state index in [0.717, 1.165) is 22.4 Å². The number of hydrogen-bond acceptors (Lipinski definition) is 5. The molecule has 3 amide bonds. The Morgan fingerprint density at radius 3 is 1.97 bits per heavy atom. The van der Waals surface area contributed by atoms with Crippen LogP contribution in [0.5, 0.6) is 0 Å². The van der Waals surface area contributed by atoms with Gasteiger partial charge in [0.05, 0.1) is 11.1 Å². The monoisotopic (exact) mass is 470 g/mol. The molecule has 178 valence electrons. The number of nitrogens with one attached hydrogen (secondary N) is 1. The number of fused-ring (bicyclic) bond motifs is 1. The van der Waals surface area contributed by atoms with E-state index in [1.54, 1.807) is 60.7 Å². The van der Waals surface area contributed by atoms with E-state index in [0.29, 0.717) is 5.69 Å². The third-order valence-electron chi connectivity index (χ3n) is 5.97. The molecule has 0 saturated carbocycles. The highest BCUT2D eigenvalue weighted by molar-refractivity contribution is 6.22. The number of anilines is 1. The van der Waals surface area contributed by atoms with Crippen molar-refractivity contribution in [3.63, 3.8) is 0 Å². The number of imide groups is 1. The Balaban J connectivity index is 1.53. The third kappa shape index (κ3) is 5.14. The van der Waals surface area contributed by atoms with E-state index in [1.807, 2.05) is 25.1 Å². The van der Waals surface area contributed by atoms with Crippen molar-refractivity contribution in [1.82, 2.24) is 4.90 Å². The quantitative estimate of drug-likeness (QED) is 0.396. The molecule has 0 spiro atoms. The van der Waals surface area contributed by atoms with Gasteiger partial charge < -0.3 is 10.1 Å². The number of rotatable bonds is 8. The zero-order valence-electron chi connectivity index (χ0n) is 19.6. The lowest BCUT2D eigenvalue weighted by Gasteiger charge is -2.26. The van der Waals surface area contributed by atoms with Crippen molar-refractivity contribution in [2.45, 2.75) is 38.8 Å². The van der Waals surface area contributed by atoms with Gasteiger partial charge in [0.1, 0.15) is 6.04 Å². The minimum Gasteiger partial charge on any atom is -0.451 e. The van der Waals surface area contributed by atoms with E-state index in [9.17, 15) is 19.2 Å². The normalized spacial score (nSPS) is 14.3. The topological polar surface area (TPSA) is 92.8 Å². The average Bonchev–Trinajstić information content (AvgIpc) is 3.13. The van der Waals surface area contributed by atoms with Crippen LogP contribution in [0.2, 0.25) is 0 Å². The Kier molecular flexibility index (Phi) is 7.06. The molecule has 0 aromatic heterocycles. The zero-order chi connectivity index (χ0) is 24.9. The Bertz CT molecular complexity index is 1220. The Hall–Kier alpha value is -4.26. The van der Waals surface area contributed by atoms with Crippen LogP contribution in [-0.4, -0.2) is 40.7 Å². The standard InChI is InChI=1S/C28H26N2O5/c1-3-19-13-15-21(16-14-19)29-25(31)18(2)35-28(34)24(17-20-9-5-4-6-10-20)30-26(32)22-11-7-8-12-23(22)27(30)33/h4-16,18,24H,3,17H2,1-2H3,(H,29,31)/t18-,24-/m1/s1. The molecule has 0 saturated heterocycles. The summed E-state index contributed by atoms with van der Waals surface area (Å²) in [6.07, 6.45) is -0.192. The van der Waals surface area contributed by atoms with Gasteiger partial charge in [0.2, 0.25) is 0 Å². The molecular weight excluding hydrogens is 444 g/mol. The molecule has 0 unspecified atom stereocenters. The molecule has 0 aliphatic carbocycles. The summed E-state index contributed by atoms with van der Waals surface area (Å²) in [4.78, 5) is 53.0. The number of carbonyl (C=O) groups is 4. The van der Waals surface area contributed by atoms with Crippen LogP contribution in [0.3, 0.4) is 0 Å². The second kappa shape index (κ2) is 10.3. The smallest absolute Gasteiger partial charge is 0.330 e. The minimum atomic E-state index is -1.22. The largest absolute Gasteiger partial charge is 0.451 e. The lowest BCUT2D eigenvalue weighted by atomic mass is 10.0. The zero-order valence-corrected chi connectivity index (χ0v) is 19.6. The molecule has 1 aliphatic heterocycles. The first-order chi connectivity index (χ1) is 16.9. The number of ether oxygens (including phenoxy) is 1. The Morgan fingerprint density at radius 2 is 1.40 bits per heavy atom. The van der Waals surface area contributed by atoms with Crippen LogP contribution in [0.25, 0.3) is 0 Å². The van der Waals surface area contributed by atoms with Crippen LogP contribution in [-0.2, 0) is 27.2 Å². The number of benzene rings is 3. The van der Waals surface area contributed by atoms with Gasteiger partial charge >= 0.3 is 5.97 Å². The van der Waals surface area contributed by atoms with Crippen molar-refractivity contribution in [3.8, 4) is 0 Å². The van der Waals surface area contributed by atoms with Crippen LogP contribution in [0.1, 0.15) is 45.7 Å². The highest BCUT2D eigenvalue weighted by Crippen LogP contribution is 2.27. The SMILES string of the molecule is CCc1ccc(NC(=O)[C@@H](C)OC(=O)[C@@H](Cc2ccccc2)N2C(=O)c3ccccc3C2=O)cc1. The maximum absolute atomic E-state index is 13.3. The lowest BCUT2D eigenvalue weighted by molar-refractivity contribution is -0.157. The number of aryl methyl sites for hydroxylation is 1. The molecule has 4 rings (SSSR count). The highest BCUT2D eigenvalue weighted by atomic mass is 16.5. The fourth-order valence-corrected chi connectivity index (χ4v) is 3.98. The van der Waals surface area contributed by atoms with E-state index >= 15 is 0 Å². The Labute approximate surface area is 203 Å². The summed E-state index contributed by atoms with van der Waals surface area (Å²) < 4.78 is 5.47. The molecule has 7 nitrogen and oxygen atoms in total. The van der Waals surface area contributed by atoms with E-state index in [-0.39, 0.29) is 17.5 Å². The van der Waals surface area contributed by atoms with Crippen molar-refractivity contribution >= 4 is 29.4 Å². The van der Waals surface area contributed by atoms with Gasteiger partial charge in [0, 0.05) is 12.1 Å². The van der Waals surface area contributed by atoms with Crippen LogP contribution in [0.4, 0.5) is 5.69 Å². The summed E-state index contributed by atoms with van der Waals surface area (Å²) in [6, 6.07) is 21.6. The van der Waals surface area contributed by atoms with E-state index in [1.165, 1.54) is 6.92 Å². The first kappa shape index (κ1) is 23.9. The highest BCUT2D eigenvalue weighted by Gasteiger charge is 2.44. The number of hydrogen-bond donors (Lipinski definition) is 1. The summed E-state index contributed by atoms with van der Waals surface area (Å²) in [6.45, 7) is 3.49. The van der Waals surface area contributed by atoms with Gasteiger partial charge in [-0.2, -0.15) is 0 Å². The van der Waals surface area contributed by atoms with Crippen LogP contribution in [0, 0.1) is 0 Å². The predicted octanol–water partition coefficient (Wildman–Crippen LogP) is 4.03. The number of esters is 1. The molecule has 1 aliphatic rings. The van der Waals surface area contributed by atoms with E-state index < -0.39 is 35.8 Å². The first-order valence-corrected chi connectivity index (χ1v) is 11.5. The molecule has 1 heterocycles. The van der Waals surface area contributed by atoms with Gasteiger partial charge in [-0.15, -0.1) is 0 Å². The van der Waals surface area contributed by atoms with Crippen molar-refractivity contribution < 1.29 is 23.9 Å². The average molecular weight is 471 g/mol. The molecule has 3 aromatic rings. The fraction of sp³-hybridized carbons (Fsp3) is 0.214. The molecule has 35 heavy (non-hydrogen) atoms. The molecule has 1 N–H and O–H groups in total. The minimum absolute atomic E-state index is 0.0674. The van der Waals surface area contributed by atoms with Gasteiger partial charge in [-0.3, -0.25) is 19.3 Å². The van der Waals surface area contributed by atoms with Gasteiger partial charge in [0.25, 0.3) is 17.7 Å². The number of nitrogens with zero attached hydrogens (tertiary/aromatic N) is 1. The second-order valence-corrected chi connectivity index (χ2v) is 8.35. The van der Waals surface area contributed by atoms with Gasteiger partial charge in [-0.25, -0.2) is 4.79 Å².